The number of benzene rings is 2. The van der Waals surface area contributed by atoms with Crippen LogP contribution in [0.15, 0.2) is 54.6 Å². The van der Waals surface area contributed by atoms with Crippen LogP contribution in [-0.4, -0.2) is 31.6 Å². The van der Waals surface area contributed by atoms with E-state index < -0.39 is 0 Å². The summed E-state index contributed by atoms with van der Waals surface area (Å²) in [6, 6.07) is 18.4. The van der Waals surface area contributed by atoms with Crippen molar-refractivity contribution in [2.24, 2.45) is 0 Å². The lowest BCUT2D eigenvalue weighted by Gasteiger charge is -2.25. The number of aryl methyl sites for hydroxylation is 1. The van der Waals surface area contributed by atoms with Crippen molar-refractivity contribution >= 4 is 6.03 Å². The predicted molar refractivity (Wildman–Crippen MR) is 94.3 cm³/mol. The first-order valence-electron chi connectivity index (χ1n) is 7.85. The molecule has 0 unspecified atom stereocenters. The van der Waals surface area contributed by atoms with Gasteiger partial charge in [0.25, 0.3) is 0 Å². The third-order valence-corrected chi connectivity index (χ3v) is 3.84. The third-order valence-electron chi connectivity index (χ3n) is 3.84. The summed E-state index contributed by atoms with van der Waals surface area (Å²) in [4.78, 5) is 14.1. The summed E-state index contributed by atoms with van der Waals surface area (Å²) in [7, 11) is 4.03. The molecule has 2 rings (SSSR count). The molecule has 2 aromatic rings. The van der Waals surface area contributed by atoms with Crippen LogP contribution in [0.3, 0.4) is 0 Å². The highest BCUT2D eigenvalue weighted by Gasteiger charge is 2.14. The van der Waals surface area contributed by atoms with Gasteiger partial charge in [0.05, 0.1) is 6.04 Å². The van der Waals surface area contributed by atoms with E-state index >= 15 is 0 Å². The molecule has 0 aromatic heterocycles. The fourth-order valence-electron chi connectivity index (χ4n) is 2.41. The number of likely N-dealkylation sites (N-methyl/N-ethyl adjacent to an activating group) is 1. The van der Waals surface area contributed by atoms with Crippen LogP contribution in [0, 0.1) is 6.92 Å². The summed E-state index contributed by atoms with van der Waals surface area (Å²) in [5.41, 5.74) is 3.50. The minimum Gasteiger partial charge on any atom is -0.336 e. The van der Waals surface area contributed by atoms with Crippen LogP contribution in [0.2, 0.25) is 0 Å². The summed E-state index contributed by atoms with van der Waals surface area (Å²) in [6.45, 7) is 3.15. The Morgan fingerprint density at radius 1 is 1.00 bits per heavy atom. The van der Waals surface area contributed by atoms with E-state index in [9.17, 15) is 4.79 Å². The number of carbonyl (C=O) groups excluding carboxylic acids is 1. The minimum atomic E-state index is -0.145. The zero-order valence-corrected chi connectivity index (χ0v) is 14.0. The SMILES string of the molecule is Cc1ccc(CNC(=O)NC[C@@H](c2ccccc2)N(C)C)cc1. The Kier molecular flexibility index (Phi) is 6.18. The first-order valence-corrected chi connectivity index (χ1v) is 7.85. The lowest BCUT2D eigenvalue weighted by Crippen LogP contribution is -2.40. The maximum atomic E-state index is 12.0. The summed E-state index contributed by atoms with van der Waals surface area (Å²) < 4.78 is 0. The number of rotatable bonds is 6. The molecule has 0 spiro atoms. The Bertz CT molecular complexity index is 608. The van der Waals surface area contributed by atoms with Crippen LogP contribution >= 0.6 is 0 Å². The molecule has 0 aliphatic rings. The zero-order valence-electron chi connectivity index (χ0n) is 14.0. The smallest absolute Gasteiger partial charge is 0.315 e. The molecule has 0 aliphatic carbocycles. The van der Waals surface area contributed by atoms with Gasteiger partial charge in [-0.2, -0.15) is 0 Å². The van der Waals surface area contributed by atoms with Gasteiger partial charge in [-0.3, -0.25) is 0 Å². The molecule has 1 atom stereocenters. The first-order chi connectivity index (χ1) is 11.1. The number of hydrogen-bond acceptors (Lipinski definition) is 2. The Balaban J connectivity index is 1.83. The molecule has 0 bridgehead atoms. The van der Waals surface area contributed by atoms with Gasteiger partial charge >= 0.3 is 6.03 Å². The van der Waals surface area contributed by atoms with E-state index in [1.807, 2.05) is 56.6 Å². The highest BCUT2D eigenvalue weighted by molar-refractivity contribution is 5.73. The predicted octanol–water partition coefficient (Wildman–Crippen LogP) is 3.10. The van der Waals surface area contributed by atoms with Crippen LogP contribution < -0.4 is 10.6 Å². The standard InChI is InChI=1S/C19H25N3O/c1-15-9-11-16(12-10-15)13-20-19(23)21-14-18(22(2)3)17-7-5-4-6-8-17/h4-12,18H,13-14H2,1-3H3,(H2,20,21,23)/t18-/m0/s1. The third kappa shape index (κ3) is 5.42. The molecule has 122 valence electrons. The topological polar surface area (TPSA) is 44.4 Å². The minimum absolute atomic E-state index is 0.145. The van der Waals surface area contributed by atoms with Gasteiger partial charge in [0.15, 0.2) is 0 Å². The fourth-order valence-corrected chi connectivity index (χ4v) is 2.41. The second-order valence-electron chi connectivity index (χ2n) is 5.94. The maximum absolute atomic E-state index is 12.0. The van der Waals surface area contributed by atoms with E-state index in [4.69, 9.17) is 0 Å². The second-order valence-corrected chi connectivity index (χ2v) is 5.94. The summed E-state index contributed by atoms with van der Waals surface area (Å²) >= 11 is 0. The average molecular weight is 311 g/mol. The van der Waals surface area contributed by atoms with Gasteiger partial charge in [-0.25, -0.2) is 4.79 Å². The number of hydrogen-bond donors (Lipinski definition) is 2. The Hall–Kier alpha value is -2.33. The monoisotopic (exact) mass is 311 g/mol. The van der Waals surface area contributed by atoms with Crippen LogP contribution in [-0.2, 0) is 6.54 Å². The van der Waals surface area contributed by atoms with Crippen molar-refractivity contribution in [3.05, 3.63) is 71.3 Å². The molecule has 0 heterocycles. The van der Waals surface area contributed by atoms with Crippen LogP contribution in [0.1, 0.15) is 22.7 Å². The normalized spacial score (nSPS) is 12.0. The molecule has 0 aliphatic heterocycles. The number of amides is 2. The molecule has 0 radical (unpaired) electrons. The summed E-state index contributed by atoms with van der Waals surface area (Å²) in [5.74, 6) is 0. The van der Waals surface area contributed by atoms with E-state index in [1.165, 1.54) is 11.1 Å². The maximum Gasteiger partial charge on any atom is 0.315 e. The quantitative estimate of drug-likeness (QED) is 0.861. The van der Waals surface area contributed by atoms with Crippen molar-refractivity contribution < 1.29 is 4.79 Å². The molecule has 4 nitrogen and oxygen atoms in total. The molecular weight excluding hydrogens is 286 g/mol. The molecule has 2 amide bonds. The van der Waals surface area contributed by atoms with Crippen molar-refractivity contribution in [1.29, 1.82) is 0 Å². The fraction of sp³-hybridized carbons (Fsp3) is 0.316. The van der Waals surface area contributed by atoms with Gasteiger partial charge in [0, 0.05) is 13.1 Å². The van der Waals surface area contributed by atoms with Gasteiger partial charge in [-0.1, -0.05) is 60.2 Å². The largest absolute Gasteiger partial charge is 0.336 e. The Labute approximate surface area is 138 Å². The van der Waals surface area contributed by atoms with Gasteiger partial charge in [-0.15, -0.1) is 0 Å². The molecule has 0 saturated heterocycles. The van der Waals surface area contributed by atoms with Crippen molar-refractivity contribution in [2.75, 3.05) is 20.6 Å². The molecule has 2 aromatic carbocycles. The summed E-state index contributed by atoms with van der Waals surface area (Å²) in [6.07, 6.45) is 0. The van der Waals surface area contributed by atoms with E-state index in [-0.39, 0.29) is 12.1 Å². The molecule has 23 heavy (non-hydrogen) atoms. The number of nitrogens with zero attached hydrogens (tertiary/aromatic N) is 1. The van der Waals surface area contributed by atoms with Gasteiger partial charge in [0.1, 0.15) is 0 Å². The van der Waals surface area contributed by atoms with Gasteiger partial charge < -0.3 is 15.5 Å². The first kappa shape index (κ1) is 17.0. The highest BCUT2D eigenvalue weighted by Crippen LogP contribution is 2.16. The molecule has 2 N–H and O–H groups in total. The second kappa shape index (κ2) is 8.34. The van der Waals surface area contributed by atoms with Crippen molar-refractivity contribution in [3.63, 3.8) is 0 Å². The number of urea groups is 1. The molecule has 4 heteroatoms. The van der Waals surface area contributed by atoms with E-state index in [0.29, 0.717) is 13.1 Å². The lowest BCUT2D eigenvalue weighted by atomic mass is 10.1. The summed E-state index contributed by atoms with van der Waals surface area (Å²) in [5, 5.41) is 5.85. The van der Waals surface area contributed by atoms with Crippen molar-refractivity contribution in [3.8, 4) is 0 Å². The number of nitrogens with one attached hydrogen (secondary N) is 2. The van der Waals surface area contributed by atoms with E-state index in [0.717, 1.165) is 5.56 Å². The van der Waals surface area contributed by atoms with Crippen molar-refractivity contribution in [2.45, 2.75) is 19.5 Å². The van der Waals surface area contributed by atoms with Crippen molar-refractivity contribution in [1.82, 2.24) is 15.5 Å². The van der Waals surface area contributed by atoms with E-state index in [2.05, 4.69) is 34.6 Å². The molecular formula is C19H25N3O. The van der Waals surface area contributed by atoms with Crippen LogP contribution in [0.5, 0.6) is 0 Å². The van der Waals surface area contributed by atoms with Gasteiger partial charge in [0.2, 0.25) is 0 Å². The zero-order chi connectivity index (χ0) is 16.7. The van der Waals surface area contributed by atoms with Gasteiger partial charge in [-0.05, 0) is 32.1 Å². The molecule has 0 saturated carbocycles. The van der Waals surface area contributed by atoms with Crippen LogP contribution in [0.25, 0.3) is 0 Å². The Morgan fingerprint density at radius 2 is 1.65 bits per heavy atom. The Morgan fingerprint density at radius 3 is 2.26 bits per heavy atom. The average Bonchev–Trinajstić information content (AvgIpc) is 2.55. The molecule has 0 fully saturated rings. The van der Waals surface area contributed by atoms with Crippen LogP contribution in [0.4, 0.5) is 4.79 Å². The number of carbonyl (C=O) groups is 1. The van der Waals surface area contributed by atoms with E-state index in [1.54, 1.807) is 0 Å². The highest BCUT2D eigenvalue weighted by atomic mass is 16.2. The lowest BCUT2D eigenvalue weighted by molar-refractivity contribution is 0.232.